The van der Waals surface area contributed by atoms with E-state index in [2.05, 4.69) is 20.9 Å². The van der Waals surface area contributed by atoms with Crippen molar-refractivity contribution >= 4 is 21.6 Å². The van der Waals surface area contributed by atoms with Gasteiger partial charge in [-0.15, -0.1) is 0 Å². The number of nitrogens with two attached hydrogens (primary N) is 1. The third-order valence-corrected chi connectivity index (χ3v) is 4.82. The largest absolute Gasteiger partial charge is 0.493 e. The Morgan fingerprint density at radius 1 is 1.07 bits per heavy atom. The average molecular weight is 432 g/mol. The highest BCUT2D eigenvalue weighted by atomic mass is 79.9. The van der Waals surface area contributed by atoms with Gasteiger partial charge in [-0.2, -0.15) is 0 Å². The maximum atomic E-state index is 6.16. The Hall–Kier alpha value is -2.67. The molecule has 3 aromatic rings. The van der Waals surface area contributed by atoms with Gasteiger partial charge in [0.05, 0.1) is 48.7 Å². The number of aromatic nitrogens is 2. The minimum Gasteiger partial charge on any atom is -0.493 e. The molecule has 0 aliphatic heterocycles. The minimum absolute atomic E-state index is 0.570. The summed E-state index contributed by atoms with van der Waals surface area (Å²) in [6.07, 6.45) is 1.78. The fourth-order valence-corrected chi connectivity index (χ4v) is 3.62. The van der Waals surface area contributed by atoms with Crippen molar-refractivity contribution in [3.05, 3.63) is 41.1 Å². The standard InChI is InChI=1S/C20H22BrN3O3/c1-5-27-16-7-6-12(9-15(16)22)19-18(23-11-24(19)2)13-8-14(21)20(26-4)17(10-13)25-3/h6-11H,5,22H2,1-4H3. The van der Waals surface area contributed by atoms with Crippen molar-refractivity contribution in [2.24, 2.45) is 7.05 Å². The summed E-state index contributed by atoms with van der Waals surface area (Å²) in [7, 11) is 5.17. The number of nitrogen functional groups attached to an aromatic ring is 1. The van der Waals surface area contributed by atoms with Gasteiger partial charge in [-0.05, 0) is 53.2 Å². The first-order valence-corrected chi connectivity index (χ1v) is 9.25. The molecule has 0 fully saturated rings. The summed E-state index contributed by atoms with van der Waals surface area (Å²) in [6.45, 7) is 2.50. The number of nitrogens with zero attached hydrogens (tertiary/aromatic N) is 2. The van der Waals surface area contributed by atoms with Gasteiger partial charge in [0.1, 0.15) is 5.75 Å². The van der Waals surface area contributed by atoms with E-state index in [1.165, 1.54) is 0 Å². The van der Waals surface area contributed by atoms with Gasteiger partial charge >= 0.3 is 0 Å². The molecule has 27 heavy (non-hydrogen) atoms. The molecule has 0 aliphatic carbocycles. The van der Waals surface area contributed by atoms with Gasteiger partial charge in [-0.25, -0.2) is 4.98 Å². The van der Waals surface area contributed by atoms with Crippen molar-refractivity contribution in [2.75, 3.05) is 26.6 Å². The van der Waals surface area contributed by atoms with E-state index in [4.69, 9.17) is 19.9 Å². The maximum absolute atomic E-state index is 6.16. The SMILES string of the molecule is CCOc1ccc(-c2c(-c3cc(Br)c(OC)c(OC)c3)ncn2C)cc1N. The van der Waals surface area contributed by atoms with Crippen molar-refractivity contribution in [1.29, 1.82) is 0 Å². The lowest BCUT2D eigenvalue weighted by Crippen LogP contribution is -1.98. The van der Waals surface area contributed by atoms with Crippen LogP contribution in [0, 0.1) is 0 Å². The third-order valence-electron chi connectivity index (χ3n) is 4.23. The molecule has 0 radical (unpaired) electrons. The zero-order valence-electron chi connectivity index (χ0n) is 15.7. The topological polar surface area (TPSA) is 71.5 Å². The van der Waals surface area contributed by atoms with Gasteiger partial charge in [-0.1, -0.05) is 0 Å². The number of hydrogen-bond acceptors (Lipinski definition) is 5. The lowest BCUT2D eigenvalue weighted by Gasteiger charge is -2.13. The predicted molar refractivity (Wildman–Crippen MR) is 110 cm³/mol. The van der Waals surface area contributed by atoms with Gasteiger partial charge in [0.2, 0.25) is 0 Å². The molecule has 3 rings (SSSR count). The number of imidazole rings is 1. The van der Waals surface area contributed by atoms with Gasteiger partial charge in [0.25, 0.3) is 0 Å². The predicted octanol–water partition coefficient (Wildman–Crippen LogP) is 4.51. The zero-order chi connectivity index (χ0) is 19.6. The van der Waals surface area contributed by atoms with E-state index in [9.17, 15) is 0 Å². The molecule has 0 saturated carbocycles. The molecule has 7 heteroatoms. The number of rotatable bonds is 6. The van der Waals surface area contributed by atoms with Crippen LogP contribution in [0.2, 0.25) is 0 Å². The van der Waals surface area contributed by atoms with Crippen LogP contribution in [0.15, 0.2) is 41.1 Å². The highest BCUT2D eigenvalue weighted by Crippen LogP contribution is 2.41. The van der Waals surface area contributed by atoms with Crippen molar-refractivity contribution in [1.82, 2.24) is 9.55 Å². The third kappa shape index (κ3) is 3.60. The van der Waals surface area contributed by atoms with Crippen LogP contribution in [-0.2, 0) is 7.05 Å². The summed E-state index contributed by atoms with van der Waals surface area (Å²) in [4.78, 5) is 4.60. The van der Waals surface area contributed by atoms with E-state index in [0.717, 1.165) is 27.0 Å². The Morgan fingerprint density at radius 3 is 2.48 bits per heavy atom. The van der Waals surface area contributed by atoms with E-state index in [-0.39, 0.29) is 0 Å². The van der Waals surface area contributed by atoms with E-state index in [1.807, 2.05) is 48.9 Å². The van der Waals surface area contributed by atoms with Gasteiger partial charge < -0.3 is 24.5 Å². The monoisotopic (exact) mass is 431 g/mol. The molecular weight excluding hydrogens is 410 g/mol. The van der Waals surface area contributed by atoms with E-state index in [0.29, 0.717) is 29.5 Å². The van der Waals surface area contributed by atoms with E-state index >= 15 is 0 Å². The Balaban J connectivity index is 2.14. The molecule has 0 bridgehead atoms. The summed E-state index contributed by atoms with van der Waals surface area (Å²) in [5.74, 6) is 1.95. The fourth-order valence-electron chi connectivity index (χ4n) is 3.02. The van der Waals surface area contributed by atoms with Crippen LogP contribution in [0.3, 0.4) is 0 Å². The summed E-state index contributed by atoms with van der Waals surface area (Å²) in [6, 6.07) is 9.65. The van der Waals surface area contributed by atoms with Gasteiger partial charge in [0, 0.05) is 18.2 Å². The van der Waals surface area contributed by atoms with Crippen LogP contribution in [0.1, 0.15) is 6.92 Å². The number of anilines is 1. The van der Waals surface area contributed by atoms with Crippen LogP contribution in [-0.4, -0.2) is 30.4 Å². The normalized spacial score (nSPS) is 10.7. The van der Waals surface area contributed by atoms with Crippen molar-refractivity contribution in [3.63, 3.8) is 0 Å². The van der Waals surface area contributed by atoms with Gasteiger partial charge in [-0.3, -0.25) is 0 Å². The smallest absolute Gasteiger partial charge is 0.174 e. The van der Waals surface area contributed by atoms with Crippen LogP contribution in [0.4, 0.5) is 5.69 Å². The second-order valence-electron chi connectivity index (χ2n) is 5.93. The van der Waals surface area contributed by atoms with Crippen molar-refractivity contribution < 1.29 is 14.2 Å². The van der Waals surface area contributed by atoms with E-state index < -0.39 is 0 Å². The number of halogens is 1. The molecular formula is C20H22BrN3O3. The Morgan fingerprint density at radius 2 is 1.85 bits per heavy atom. The molecule has 2 N–H and O–H groups in total. The molecule has 142 valence electrons. The molecule has 1 heterocycles. The maximum Gasteiger partial charge on any atom is 0.174 e. The van der Waals surface area contributed by atoms with Crippen LogP contribution < -0.4 is 19.9 Å². The molecule has 0 spiro atoms. The summed E-state index contributed by atoms with van der Waals surface area (Å²) >= 11 is 3.55. The second kappa shape index (κ2) is 7.92. The highest BCUT2D eigenvalue weighted by molar-refractivity contribution is 9.10. The second-order valence-corrected chi connectivity index (χ2v) is 6.79. The zero-order valence-corrected chi connectivity index (χ0v) is 17.3. The van der Waals surface area contributed by atoms with Crippen molar-refractivity contribution in [2.45, 2.75) is 6.92 Å². The van der Waals surface area contributed by atoms with Crippen LogP contribution in [0.5, 0.6) is 17.2 Å². The Labute approximate surface area is 167 Å². The van der Waals surface area contributed by atoms with Crippen molar-refractivity contribution in [3.8, 4) is 39.8 Å². The molecule has 0 amide bonds. The lowest BCUT2D eigenvalue weighted by atomic mass is 10.0. The molecule has 1 aromatic heterocycles. The van der Waals surface area contributed by atoms with E-state index in [1.54, 1.807) is 20.5 Å². The first kappa shape index (κ1) is 19.1. The summed E-state index contributed by atoms with van der Waals surface area (Å²) < 4.78 is 19.2. The fraction of sp³-hybridized carbons (Fsp3) is 0.250. The van der Waals surface area contributed by atoms with Crippen LogP contribution in [0.25, 0.3) is 22.5 Å². The number of ether oxygens (including phenoxy) is 3. The number of aryl methyl sites for hydroxylation is 1. The molecule has 6 nitrogen and oxygen atoms in total. The first-order valence-electron chi connectivity index (χ1n) is 8.46. The molecule has 0 unspecified atom stereocenters. The van der Waals surface area contributed by atoms with Gasteiger partial charge in [0.15, 0.2) is 11.5 Å². The quantitative estimate of drug-likeness (QED) is 0.581. The lowest BCUT2D eigenvalue weighted by molar-refractivity contribution is 0.342. The molecule has 0 atom stereocenters. The molecule has 2 aromatic carbocycles. The minimum atomic E-state index is 0.570. The Kier molecular flexibility index (Phi) is 5.60. The number of methoxy groups -OCH3 is 2. The van der Waals surface area contributed by atoms with Crippen LogP contribution >= 0.6 is 15.9 Å². The summed E-state index contributed by atoms with van der Waals surface area (Å²) in [5, 5.41) is 0. The highest BCUT2D eigenvalue weighted by Gasteiger charge is 2.18. The first-order chi connectivity index (χ1) is 13.0. The summed E-state index contributed by atoms with van der Waals surface area (Å²) in [5.41, 5.74) is 10.4. The number of hydrogen-bond donors (Lipinski definition) is 1. The molecule has 0 saturated heterocycles. The molecule has 0 aliphatic rings. The number of benzene rings is 2. The Bertz CT molecular complexity index is 969. The average Bonchev–Trinajstić information content (AvgIpc) is 3.04.